The third-order valence-electron chi connectivity index (χ3n) is 5.31. The molecule has 3 aromatic carbocycles. The third kappa shape index (κ3) is 8.01. The van der Waals surface area contributed by atoms with Crippen molar-refractivity contribution in [2.24, 2.45) is 11.5 Å². The molecule has 3 rings (SSSR count). The number of benzene rings is 3. The number of hydrogen-bond donors (Lipinski definition) is 5. The number of hydrogen-bond acceptors (Lipinski definition) is 6. The van der Waals surface area contributed by atoms with E-state index in [2.05, 4.69) is 10.6 Å². The predicted octanol–water partition coefficient (Wildman–Crippen LogP) is 2.20. The van der Waals surface area contributed by atoms with Gasteiger partial charge in [-0.05, 0) is 59.9 Å². The van der Waals surface area contributed by atoms with Gasteiger partial charge in [-0.3, -0.25) is 14.4 Å². The first-order valence-electron chi connectivity index (χ1n) is 11.4. The van der Waals surface area contributed by atoms with Crippen molar-refractivity contribution in [3.05, 3.63) is 66.2 Å². The number of amides is 3. The molecule has 3 aromatic rings. The number of nitrogens with one attached hydrogen (secondary N) is 2. The second-order valence-electron chi connectivity index (χ2n) is 8.21. The number of rotatable bonds is 12. The Kier molecular flexibility index (Phi) is 9.02. The van der Waals surface area contributed by atoms with Crippen LogP contribution in [-0.4, -0.2) is 42.0 Å². The fraction of sp³-hybridized carbons (Fsp3) is 0.269. The zero-order valence-corrected chi connectivity index (χ0v) is 19.3. The van der Waals surface area contributed by atoms with Gasteiger partial charge in [-0.1, -0.05) is 36.4 Å². The molecule has 184 valence electrons. The number of primary amides is 1. The monoisotopic (exact) mass is 478 g/mol. The molecule has 0 unspecified atom stereocenters. The summed E-state index contributed by atoms with van der Waals surface area (Å²) in [5.74, 6) is -0.813. The highest BCUT2D eigenvalue weighted by Crippen LogP contribution is 2.31. The number of anilines is 1. The van der Waals surface area contributed by atoms with Crippen molar-refractivity contribution in [2.45, 2.75) is 31.7 Å². The summed E-state index contributed by atoms with van der Waals surface area (Å²) in [6.45, 7) is 0.817. The van der Waals surface area contributed by atoms with Crippen molar-refractivity contribution >= 4 is 34.2 Å². The number of unbranched alkanes of at least 4 members (excludes halogenated alkanes) is 1. The summed E-state index contributed by atoms with van der Waals surface area (Å²) in [6.07, 6.45) is 1.30. The Labute approximate surface area is 203 Å². The van der Waals surface area contributed by atoms with Gasteiger partial charge in [0.15, 0.2) is 0 Å². The molecule has 0 heterocycles. The van der Waals surface area contributed by atoms with Crippen LogP contribution >= 0.6 is 0 Å². The number of carbonyl (C=O) groups is 3. The Morgan fingerprint density at radius 1 is 0.971 bits per heavy atom. The van der Waals surface area contributed by atoms with Crippen LogP contribution in [0.4, 0.5) is 5.69 Å². The van der Waals surface area contributed by atoms with Crippen molar-refractivity contribution in [1.82, 2.24) is 5.32 Å². The van der Waals surface area contributed by atoms with E-state index in [1.54, 1.807) is 30.3 Å². The zero-order valence-electron chi connectivity index (χ0n) is 19.3. The molecule has 0 aliphatic carbocycles. The number of phenols is 1. The summed E-state index contributed by atoms with van der Waals surface area (Å²) >= 11 is 0. The maximum absolute atomic E-state index is 12.2. The Balaban J connectivity index is 1.47. The highest BCUT2D eigenvalue weighted by atomic mass is 16.5. The van der Waals surface area contributed by atoms with E-state index in [4.69, 9.17) is 16.2 Å². The summed E-state index contributed by atoms with van der Waals surface area (Å²) in [7, 11) is 0. The number of ether oxygens (including phenoxy) is 1. The highest BCUT2D eigenvalue weighted by molar-refractivity contribution is 6.05. The number of carbonyl (C=O) groups excluding carboxylic acids is 3. The van der Waals surface area contributed by atoms with Crippen LogP contribution in [0.3, 0.4) is 0 Å². The summed E-state index contributed by atoms with van der Waals surface area (Å²) < 4.78 is 5.91. The Morgan fingerprint density at radius 3 is 2.34 bits per heavy atom. The van der Waals surface area contributed by atoms with Gasteiger partial charge in [-0.25, -0.2) is 0 Å². The number of fused-ring (bicyclic) bond motifs is 1. The van der Waals surface area contributed by atoms with E-state index in [-0.39, 0.29) is 11.7 Å². The molecule has 0 aromatic heterocycles. The third-order valence-corrected chi connectivity index (χ3v) is 5.31. The average Bonchev–Trinajstić information content (AvgIpc) is 2.82. The van der Waals surface area contributed by atoms with Gasteiger partial charge < -0.3 is 31.9 Å². The standard InChI is InChI=1S/C26H30N4O5/c27-21(13-17-7-9-20(31)10-8-17)26(34)29-11-3-4-12-35-23-15-19-6-2-1-5-18(19)14-22(23)30-25(33)16-24(28)32/h1-2,5-10,14-15,21,31H,3-4,11-13,16,27H2,(H2,28,32)(H,29,34)(H,30,33)/t21-/m0/s1. The van der Waals surface area contributed by atoms with E-state index in [0.717, 1.165) is 16.3 Å². The van der Waals surface area contributed by atoms with Crippen LogP contribution in [0.1, 0.15) is 24.8 Å². The second kappa shape index (κ2) is 12.4. The quantitative estimate of drug-likeness (QED) is 0.198. The van der Waals surface area contributed by atoms with E-state index in [9.17, 15) is 19.5 Å². The molecule has 0 saturated heterocycles. The predicted molar refractivity (Wildman–Crippen MR) is 134 cm³/mol. The molecule has 0 radical (unpaired) electrons. The molecule has 35 heavy (non-hydrogen) atoms. The molecular weight excluding hydrogens is 448 g/mol. The van der Waals surface area contributed by atoms with Gasteiger partial charge >= 0.3 is 0 Å². The van der Waals surface area contributed by atoms with Crippen molar-refractivity contribution in [3.63, 3.8) is 0 Å². The lowest BCUT2D eigenvalue weighted by atomic mass is 10.1. The van der Waals surface area contributed by atoms with Crippen LogP contribution in [0.5, 0.6) is 11.5 Å². The molecule has 9 heteroatoms. The van der Waals surface area contributed by atoms with E-state index >= 15 is 0 Å². The molecule has 0 aliphatic rings. The summed E-state index contributed by atoms with van der Waals surface area (Å²) in [5, 5.41) is 16.7. The first kappa shape index (κ1) is 25.5. The molecule has 0 fully saturated rings. The smallest absolute Gasteiger partial charge is 0.237 e. The van der Waals surface area contributed by atoms with Gasteiger partial charge in [0.2, 0.25) is 17.7 Å². The fourth-order valence-electron chi connectivity index (χ4n) is 3.52. The van der Waals surface area contributed by atoms with Gasteiger partial charge in [-0.2, -0.15) is 0 Å². The fourth-order valence-corrected chi connectivity index (χ4v) is 3.52. The van der Waals surface area contributed by atoms with Crippen molar-refractivity contribution in [3.8, 4) is 11.5 Å². The van der Waals surface area contributed by atoms with Gasteiger partial charge in [0, 0.05) is 6.54 Å². The molecule has 0 aliphatic heterocycles. The van der Waals surface area contributed by atoms with Crippen LogP contribution < -0.4 is 26.8 Å². The molecule has 7 N–H and O–H groups in total. The van der Waals surface area contributed by atoms with Crippen molar-refractivity contribution in [1.29, 1.82) is 0 Å². The van der Waals surface area contributed by atoms with E-state index in [1.807, 2.05) is 30.3 Å². The maximum Gasteiger partial charge on any atom is 0.237 e. The molecule has 9 nitrogen and oxygen atoms in total. The normalized spacial score (nSPS) is 11.6. The minimum absolute atomic E-state index is 0.165. The lowest BCUT2D eigenvalue weighted by Crippen LogP contribution is -2.42. The average molecular weight is 479 g/mol. The van der Waals surface area contributed by atoms with E-state index < -0.39 is 24.3 Å². The summed E-state index contributed by atoms with van der Waals surface area (Å²) in [5.41, 5.74) is 12.4. The van der Waals surface area contributed by atoms with E-state index in [0.29, 0.717) is 43.9 Å². The molecule has 3 amide bonds. The largest absolute Gasteiger partial charge is 0.508 e. The summed E-state index contributed by atoms with van der Waals surface area (Å²) in [6, 6.07) is 17.2. The Hall–Kier alpha value is -4.11. The molecule has 1 atom stereocenters. The van der Waals surface area contributed by atoms with E-state index in [1.165, 1.54) is 0 Å². The zero-order chi connectivity index (χ0) is 25.2. The van der Waals surface area contributed by atoms with Crippen LogP contribution in [0, 0.1) is 0 Å². The highest BCUT2D eigenvalue weighted by Gasteiger charge is 2.14. The lowest BCUT2D eigenvalue weighted by molar-refractivity contribution is -0.125. The summed E-state index contributed by atoms with van der Waals surface area (Å²) in [4.78, 5) is 35.3. The SMILES string of the molecule is NC(=O)CC(=O)Nc1cc2ccccc2cc1OCCCCNC(=O)[C@@H](N)Cc1ccc(O)cc1. The molecular formula is C26H30N4O5. The van der Waals surface area contributed by atoms with Crippen LogP contribution in [0.2, 0.25) is 0 Å². The van der Waals surface area contributed by atoms with Crippen molar-refractivity contribution < 1.29 is 24.2 Å². The first-order chi connectivity index (χ1) is 16.8. The number of nitrogens with two attached hydrogens (primary N) is 2. The Bertz CT molecular complexity index is 1180. The van der Waals surface area contributed by atoms with Crippen LogP contribution in [-0.2, 0) is 20.8 Å². The number of aromatic hydroxyl groups is 1. The van der Waals surface area contributed by atoms with Crippen LogP contribution in [0.25, 0.3) is 10.8 Å². The minimum Gasteiger partial charge on any atom is -0.508 e. The van der Waals surface area contributed by atoms with Gasteiger partial charge in [0.1, 0.15) is 17.9 Å². The van der Waals surface area contributed by atoms with Crippen molar-refractivity contribution in [2.75, 3.05) is 18.5 Å². The molecule has 0 bridgehead atoms. The second-order valence-corrected chi connectivity index (χ2v) is 8.21. The maximum atomic E-state index is 12.2. The van der Waals surface area contributed by atoms with Gasteiger partial charge in [-0.15, -0.1) is 0 Å². The first-order valence-corrected chi connectivity index (χ1v) is 11.4. The van der Waals surface area contributed by atoms with Crippen LogP contribution in [0.15, 0.2) is 60.7 Å². The lowest BCUT2D eigenvalue weighted by Gasteiger charge is -2.15. The topological polar surface area (TPSA) is 157 Å². The minimum atomic E-state index is -0.712. The molecule has 0 saturated carbocycles. The van der Waals surface area contributed by atoms with Gasteiger partial charge in [0.25, 0.3) is 0 Å². The van der Waals surface area contributed by atoms with Gasteiger partial charge in [0.05, 0.1) is 18.3 Å². The number of phenolic OH excluding ortho intramolecular Hbond substituents is 1. The Morgan fingerprint density at radius 2 is 1.66 bits per heavy atom. The molecule has 0 spiro atoms.